The molecule has 0 spiro atoms. The minimum absolute atomic E-state index is 0.0920. The van der Waals surface area contributed by atoms with Crippen molar-refractivity contribution in [2.75, 3.05) is 13.1 Å². The van der Waals surface area contributed by atoms with Crippen LogP contribution in [-0.2, 0) is 14.3 Å². The second-order valence-corrected chi connectivity index (χ2v) is 9.18. The Balaban J connectivity index is 1.62. The maximum absolute atomic E-state index is 13.5. The third kappa shape index (κ3) is 4.08. The number of hydrogen-bond donors (Lipinski definition) is 1. The molecule has 2 saturated heterocycles. The summed E-state index contributed by atoms with van der Waals surface area (Å²) >= 11 is 0. The average molecular weight is 428 g/mol. The number of ether oxygens (including phenoxy) is 1. The van der Waals surface area contributed by atoms with Crippen molar-refractivity contribution in [3.8, 4) is 0 Å². The van der Waals surface area contributed by atoms with Gasteiger partial charge in [-0.2, -0.15) is 0 Å². The van der Waals surface area contributed by atoms with Crippen molar-refractivity contribution in [2.24, 2.45) is 0 Å². The number of hydrogen-bond acceptors (Lipinski definition) is 5. The largest absolute Gasteiger partial charge is 0.444 e. The molecule has 0 bridgehead atoms. The first kappa shape index (κ1) is 21.1. The van der Waals surface area contributed by atoms with E-state index in [1.807, 2.05) is 45.0 Å². The van der Waals surface area contributed by atoms with Gasteiger partial charge in [0.15, 0.2) is 0 Å². The first-order valence-electron chi connectivity index (χ1n) is 10.7. The molecule has 2 aliphatic rings. The molecule has 1 N–H and O–H groups in total. The monoisotopic (exact) mass is 428 g/mol. The Hall–Kier alpha value is -3.10. The molecule has 31 heavy (non-hydrogen) atoms. The van der Waals surface area contributed by atoms with Gasteiger partial charge in [-0.05, 0) is 52.2 Å². The number of carbonyl (C=O) groups excluding carboxylic acids is 3. The highest BCUT2D eigenvalue weighted by Gasteiger charge is 2.34. The van der Waals surface area contributed by atoms with E-state index in [1.54, 1.807) is 9.47 Å². The van der Waals surface area contributed by atoms with Gasteiger partial charge in [0, 0.05) is 25.6 Å². The number of carbonyl (C=O) groups is 3. The summed E-state index contributed by atoms with van der Waals surface area (Å²) in [7, 11) is 0. The SMILES string of the molecule is CC(C)(C)OC(=O)N1CCC(n2c(=O)n(C3CCC(=O)NC3=O)c3ccccc32)CC1. The molecule has 1 unspecified atom stereocenters. The van der Waals surface area contributed by atoms with Crippen molar-refractivity contribution in [3.63, 3.8) is 0 Å². The van der Waals surface area contributed by atoms with Gasteiger partial charge in [-0.3, -0.25) is 24.0 Å². The van der Waals surface area contributed by atoms with E-state index in [2.05, 4.69) is 5.32 Å². The molecule has 166 valence electrons. The van der Waals surface area contributed by atoms with Gasteiger partial charge < -0.3 is 9.64 Å². The summed E-state index contributed by atoms with van der Waals surface area (Å²) in [6, 6.07) is 6.60. The molecule has 9 heteroatoms. The van der Waals surface area contributed by atoms with Gasteiger partial charge in [0.1, 0.15) is 11.6 Å². The van der Waals surface area contributed by atoms with Gasteiger partial charge in [0.05, 0.1) is 11.0 Å². The van der Waals surface area contributed by atoms with Crippen molar-refractivity contribution < 1.29 is 19.1 Å². The van der Waals surface area contributed by atoms with Crippen LogP contribution in [0.3, 0.4) is 0 Å². The predicted octanol–water partition coefficient (Wildman–Crippen LogP) is 2.35. The maximum atomic E-state index is 13.5. The van der Waals surface area contributed by atoms with Crippen LogP contribution >= 0.6 is 0 Å². The van der Waals surface area contributed by atoms with Crippen LogP contribution in [0.5, 0.6) is 0 Å². The molecule has 1 aromatic carbocycles. The third-order valence-corrected chi connectivity index (χ3v) is 5.82. The zero-order valence-electron chi connectivity index (χ0n) is 18.1. The van der Waals surface area contributed by atoms with E-state index in [0.29, 0.717) is 37.9 Å². The van der Waals surface area contributed by atoms with Gasteiger partial charge in [-0.1, -0.05) is 12.1 Å². The van der Waals surface area contributed by atoms with E-state index < -0.39 is 17.6 Å². The number of amides is 3. The number of nitrogens with zero attached hydrogens (tertiary/aromatic N) is 3. The van der Waals surface area contributed by atoms with Gasteiger partial charge in [0.2, 0.25) is 11.8 Å². The fourth-order valence-corrected chi connectivity index (χ4v) is 4.41. The number of imide groups is 1. The molecule has 0 radical (unpaired) electrons. The number of imidazole rings is 1. The van der Waals surface area contributed by atoms with Gasteiger partial charge in [-0.15, -0.1) is 0 Å². The molecule has 3 amide bonds. The molecule has 4 rings (SSSR count). The lowest BCUT2D eigenvalue weighted by molar-refractivity contribution is -0.135. The lowest BCUT2D eigenvalue weighted by Crippen LogP contribution is -2.46. The number of aromatic nitrogens is 2. The Kier molecular flexibility index (Phi) is 5.36. The van der Waals surface area contributed by atoms with Crippen LogP contribution in [0, 0.1) is 0 Å². The molecule has 1 aromatic heterocycles. The Morgan fingerprint density at radius 3 is 2.19 bits per heavy atom. The molecular weight excluding hydrogens is 400 g/mol. The quantitative estimate of drug-likeness (QED) is 0.740. The number of likely N-dealkylation sites (tertiary alicyclic amines) is 1. The highest BCUT2D eigenvalue weighted by atomic mass is 16.6. The Morgan fingerprint density at radius 1 is 1.00 bits per heavy atom. The van der Waals surface area contributed by atoms with E-state index in [-0.39, 0.29) is 30.2 Å². The Morgan fingerprint density at radius 2 is 1.61 bits per heavy atom. The Labute approximate surface area is 179 Å². The topological polar surface area (TPSA) is 103 Å². The molecule has 9 nitrogen and oxygen atoms in total. The number of piperidine rings is 2. The highest BCUT2D eigenvalue weighted by Crippen LogP contribution is 2.29. The number of rotatable bonds is 2. The molecule has 3 heterocycles. The number of benzene rings is 1. The lowest BCUT2D eigenvalue weighted by atomic mass is 10.0. The van der Waals surface area contributed by atoms with Gasteiger partial charge >= 0.3 is 11.8 Å². The summed E-state index contributed by atoms with van der Waals surface area (Å²) in [5, 5.41) is 2.34. The summed E-state index contributed by atoms with van der Waals surface area (Å²) < 4.78 is 8.71. The fourth-order valence-electron chi connectivity index (χ4n) is 4.41. The van der Waals surface area contributed by atoms with Crippen molar-refractivity contribution in [1.82, 2.24) is 19.4 Å². The van der Waals surface area contributed by atoms with Crippen LogP contribution in [0.1, 0.15) is 58.5 Å². The molecule has 1 atom stereocenters. The molecular formula is C22H28N4O5. The smallest absolute Gasteiger partial charge is 0.410 e. The van der Waals surface area contributed by atoms with Crippen molar-refractivity contribution >= 4 is 28.9 Å². The highest BCUT2D eigenvalue weighted by molar-refractivity contribution is 6.00. The van der Waals surface area contributed by atoms with Crippen LogP contribution in [0.2, 0.25) is 0 Å². The van der Waals surface area contributed by atoms with Crippen LogP contribution in [0.15, 0.2) is 29.1 Å². The molecule has 2 aromatic rings. The maximum Gasteiger partial charge on any atom is 0.410 e. The second-order valence-electron chi connectivity index (χ2n) is 9.18. The van der Waals surface area contributed by atoms with Crippen molar-refractivity contribution in [2.45, 2.75) is 64.1 Å². The lowest BCUT2D eigenvalue weighted by Gasteiger charge is -2.33. The van der Waals surface area contributed by atoms with Crippen molar-refractivity contribution in [1.29, 1.82) is 0 Å². The minimum atomic E-state index is -0.710. The van der Waals surface area contributed by atoms with E-state index in [1.165, 1.54) is 4.57 Å². The number of nitrogens with one attached hydrogen (secondary N) is 1. The summed E-state index contributed by atoms with van der Waals surface area (Å²) in [6.45, 7) is 6.48. The number of fused-ring (bicyclic) bond motifs is 1. The second kappa shape index (κ2) is 7.86. The third-order valence-electron chi connectivity index (χ3n) is 5.82. The minimum Gasteiger partial charge on any atom is -0.444 e. The van der Waals surface area contributed by atoms with E-state index in [9.17, 15) is 19.2 Å². The van der Waals surface area contributed by atoms with Gasteiger partial charge in [0.25, 0.3) is 0 Å². The van der Waals surface area contributed by atoms with Gasteiger partial charge in [-0.25, -0.2) is 9.59 Å². The van der Waals surface area contributed by atoms with Crippen LogP contribution < -0.4 is 11.0 Å². The van der Waals surface area contributed by atoms with E-state index in [0.717, 1.165) is 5.52 Å². The first-order chi connectivity index (χ1) is 14.7. The normalized spacial score (nSPS) is 20.7. The fraction of sp³-hybridized carbons (Fsp3) is 0.545. The molecule has 2 fully saturated rings. The predicted molar refractivity (Wildman–Crippen MR) is 114 cm³/mol. The first-order valence-corrected chi connectivity index (χ1v) is 10.7. The zero-order chi connectivity index (χ0) is 22.3. The average Bonchev–Trinajstić information content (AvgIpc) is 2.99. The van der Waals surface area contributed by atoms with Crippen LogP contribution in [0.4, 0.5) is 4.79 Å². The molecule has 2 aliphatic heterocycles. The number of para-hydroxylation sites is 2. The van der Waals surface area contributed by atoms with E-state index in [4.69, 9.17) is 4.74 Å². The van der Waals surface area contributed by atoms with Crippen LogP contribution in [0.25, 0.3) is 11.0 Å². The zero-order valence-corrected chi connectivity index (χ0v) is 18.1. The summed E-state index contributed by atoms with van der Waals surface area (Å²) in [6.07, 6.45) is 1.39. The Bertz CT molecular complexity index is 1090. The van der Waals surface area contributed by atoms with Crippen LogP contribution in [-0.4, -0.2) is 50.6 Å². The standard InChI is InChI=1S/C22H28N4O5/c1-22(2,3)31-21(30)24-12-10-14(11-13-24)25-15-6-4-5-7-16(15)26(20(25)29)17-8-9-18(27)23-19(17)28/h4-7,14,17H,8-13H2,1-3H3,(H,23,27,28). The summed E-state index contributed by atoms with van der Waals surface area (Å²) in [5.74, 6) is -0.756. The molecule has 0 aliphatic carbocycles. The van der Waals surface area contributed by atoms with Crippen molar-refractivity contribution in [3.05, 3.63) is 34.7 Å². The summed E-state index contributed by atoms with van der Waals surface area (Å²) in [4.78, 5) is 51.5. The summed E-state index contributed by atoms with van der Waals surface area (Å²) in [5.41, 5.74) is 0.621. The molecule has 0 saturated carbocycles. The van der Waals surface area contributed by atoms with E-state index >= 15 is 0 Å².